The van der Waals surface area contributed by atoms with Gasteiger partial charge in [0.05, 0.1) is 26.4 Å². The lowest BCUT2D eigenvalue weighted by atomic mass is 10.1. The minimum Gasteiger partial charge on any atom is -0.504 e. The second-order valence-corrected chi connectivity index (χ2v) is 10.1. The Labute approximate surface area is 127 Å². The Bertz CT molecular complexity index is 436. The molecule has 3 N–H and O–H groups in total. The second kappa shape index (κ2) is 8.38. The smallest absolute Gasteiger partial charge is 0.186 e. The number of rotatable bonds is 9. The van der Waals surface area contributed by atoms with Gasteiger partial charge in [-0.25, -0.2) is 0 Å². The van der Waals surface area contributed by atoms with Gasteiger partial charge in [0.15, 0.2) is 19.8 Å². The van der Waals surface area contributed by atoms with Gasteiger partial charge in [0.25, 0.3) is 0 Å². The van der Waals surface area contributed by atoms with E-state index in [1.54, 1.807) is 6.07 Å². The van der Waals surface area contributed by atoms with Crippen molar-refractivity contribution in [3.63, 3.8) is 0 Å². The van der Waals surface area contributed by atoms with E-state index in [1.807, 2.05) is 12.1 Å². The summed E-state index contributed by atoms with van der Waals surface area (Å²) in [5.74, 6) is 0.642. The molecule has 6 heteroatoms. The van der Waals surface area contributed by atoms with E-state index in [-0.39, 0.29) is 19.0 Å². The molecule has 0 amide bonds. The molecule has 0 bridgehead atoms. The highest BCUT2D eigenvalue weighted by Crippen LogP contribution is 2.27. The Balaban J connectivity index is 2.41. The third kappa shape index (κ3) is 6.47. The molecule has 5 nitrogen and oxygen atoms in total. The molecule has 0 aliphatic heterocycles. The molecule has 0 heterocycles. The van der Waals surface area contributed by atoms with Crippen LogP contribution in [0.5, 0.6) is 11.5 Å². The van der Waals surface area contributed by atoms with E-state index in [4.69, 9.17) is 14.3 Å². The zero-order valence-electron chi connectivity index (χ0n) is 13.0. The molecule has 0 fully saturated rings. The predicted octanol–water partition coefficient (Wildman–Crippen LogP) is 1.91. The van der Waals surface area contributed by atoms with Crippen molar-refractivity contribution in [1.82, 2.24) is 0 Å². The number of phenols is 1. The maximum Gasteiger partial charge on any atom is 0.186 e. The number of ether oxygens (including phenoxy) is 1. The van der Waals surface area contributed by atoms with Crippen LogP contribution in [-0.4, -0.2) is 50.1 Å². The number of hydrogen-bond donors (Lipinski definition) is 3. The van der Waals surface area contributed by atoms with Crippen molar-refractivity contribution in [2.24, 2.45) is 0 Å². The minimum absolute atomic E-state index is 0.150. The molecule has 1 unspecified atom stereocenters. The van der Waals surface area contributed by atoms with Crippen molar-refractivity contribution in [2.75, 3.05) is 20.3 Å². The zero-order valence-corrected chi connectivity index (χ0v) is 14.0. The fourth-order valence-electron chi connectivity index (χ4n) is 2.04. The third-order valence-electron chi connectivity index (χ3n) is 3.37. The standard InChI is InChI=1S/C15H26O5Si/c1-19-15-9-12(6-7-14(15)18)5-4-8-21(2,3)20-11-13(17)10-16/h6-7,9,13,16-18H,4-5,8,10-11H2,1-3H3. The summed E-state index contributed by atoms with van der Waals surface area (Å²) in [5, 5.41) is 27.7. The molecular weight excluding hydrogens is 288 g/mol. The summed E-state index contributed by atoms with van der Waals surface area (Å²) in [7, 11) is -0.284. The van der Waals surface area contributed by atoms with E-state index < -0.39 is 14.4 Å². The van der Waals surface area contributed by atoms with Crippen molar-refractivity contribution in [1.29, 1.82) is 0 Å². The highest BCUT2D eigenvalue weighted by Gasteiger charge is 2.23. The lowest BCUT2D eigenvalue weighted by Gasteiger charge is -2.24. The zero-order chi connectivity index (χ0) is 15.9. The highest BCUT2D eigenvalue weighted by atomic mass is 28.4. The number of phenolic OH excluding ortho intramolecular Hbond substituents is 1. The number of aromatic hydroxyl groups is 1. The molecule has 0 saturated heterocycles. The first-order chi connectivity index (χ1) is 9.88. The Morgan fingerprint density at radius 2 is 2.00 bits per heavy atom. The Morgan fingerprint density at radius 3 is 2.62 bits per heavy atom. The SMILES string of the molecule is COc1cc(CCC[Si](C)(C)OCC(O)CO)ccc1O. The summed E-state index contributed by atoms with van der Waals surface area (Å²) >= 11 is 0. The summed E-state index contributed by atoms with van der Waals surface area (Å²) in [4.78, 5) is 0. The quantitative estimate of drug-likeness (QED) is 0.607. The number of methoxy groups -OCH3 is 1. The predicted molar refractivity (Wildman–Crippen MR) is 84.3 cm³/mol. The van der Waals surface area contributed by atoms with E-state index in [1.165, 1.54) is 7.11 Å². The molecule has 0 aliphatic carbocycles. The van der Waals surface area contributed by atoms with Crippen LogP contribution in [0.4, 0.5) is 0 Å². The summed E-state index contributed by atoms with van der Waals surface area (Å²) in [6, 6.07) is 6.35. The van der Waals surface area contributed by atoms with Gasteiger partial charge in [-0.15, -0.1) is 0 Å². The topological polar surface area (TPSA) is 79.2 Å². The van der Waals surface area contributed by atoms with Gasteiger partial charge in [-0.2, -0.15) is 0 Å². The fraction of sp³-hybridized carbons (Fsp3) is 0.600. The maximum atomic E-state index is 9.55. The van der Waals surface area contributed by atoms with Gasteiger partial charge in [-0.1, -0.05) is 6.07 Å². The molecule has 1 atom stereocenters. The van der Waals surface area contributed by atoms with E-state index in [2.05, 4.69) is 13.1 Å². The van der Waals surface area contributed by atoms with Gasteiger partial charge in [0.1, 0.15) is 0 Å². The summed E-state index contributed by atoms with van der Waals surface area (Å²) in [6.07, 6.45) is 1.07. The van der Waals surface area contributed by atoms with Crippen LogP contribution in [0.2, 0.25) is 19.1 Å². The Hall–Kier alpha value is -1.08. The van der Waals surface area contributed by atoms with Crippen molar-refractivity contribution in [2.45, 2.75) is 38.1 Å². The Kier molecular flexibility index (Phi) is 7.17. The van der Waals surface area contributed by atoms with E-state index in [0.29, 0.717) is 5.75 Å². The number of benzene rings is 1. The van der Waals surface area contributed by atoms with Crippen LogP contribution in [0.25, 0.3) is 0 Å². The largest absolute Gasteiger partial charge is 0.504 e. The molecule has 0 radical (unpaired) electrons. The number of aliphatic hydroxyl groups is 2. The molecule has 0 aromatic heterocycles. The van der Waals surface area contributed by atoms with Crippen molar-refractivity contribution >= 4 is 8.32 Å². The summed E-state index contributed by atoms with van der Waals surface area (Å²) in [5.41, 5.74) is 1.12. The van der Waals surface area contributed by atoms with E-state index in [0.717, 1.165) is 24.4 Å². The van der Waals surface area contributed by atoms with Crippen molar-refractivity contribution < 1.29 is 24.5 Å². The molecule has 0 spiro atoms. The Morgan fingerprint density at radius 1 is 1.29 bits per heavy atom. The van der Waals surface area contributed by atoms with Gasteiger partial charge in [0.2, 0.25) is 0 Å². The molecular formula is C15H26O5Si. The second-order valence-electron chi connectivity index (χ2n) is 5.77. The van der Waals surface area contributed by atoms with E-state index in [9.17, 15) is 10.2 Å². The molecule has 1 aromatic carbocycles. The molecule has 1 rings (SSSR count). The fourth-order valence-corrected chi connectivity index (χ4v) is 3.86. The summed E-state index contributed by atoms with van der Waals surface area (Å²) < 4.78 is 10.8. The van der Waals surface area contributed by atoms with Crippen LogP contribution in [-0.2, 0) is 10.8 Å². The van der Waals surface area contributed by atoms with Crippen molar-refractivity contribution in [3.05, 3.63) is 23.8 Å². The van der Waals surface area contributed by atoms with Crippen LogP contribution in [0, 0.1) is 0 Å². The molecule has 21 heavy (non-hydrogen) atoms. The monoisotopic (exact) mass is 314 g/mol. The normalized spacial score (nSPS) is 13.2. The van der Waals surface area contributed by atoms with Crippen LogP contribution in [0.1, 0.15) is 12.0 Å². The molecule has 0 aliphatic rings. The maximum absolute atomic E-state index is 9.55. The summed E-state index contributed by atoms with van der Waals surface area (Å²) in [6.45, 7) is 4.14. The minimum atomic E-state index is -1.82. The van der Waals surface area contributed by atoms with Crippen LogP contribution in [0.15, 0.2) is 18.2 Å². The van der Waals surface area contributed by atoms with E-state index >= 15 is 0 Å². The molecule has 1 aromatic rings. The van der Waals surface area contributed by atoms with Gasteiger partial charge in [-0.3, -0.25) is 0 Å². The molecule has 120 valence electrons. The van der Waals surface area contributed by atoms with Gasteiger partial charge in [0, 0.05) is 0 Å². The first-order valence-electron chi connectivity index (χ1n) is 7.16. The van der Waals surface area contributed by atoms with Crippen LogP contribution >= 0.6 is 0 Å². The lowest BCUT2D eigenvalue weighted by Crippen LogP contribution is -2.35. The van der Waals surface area contributed by atoms with Crippen LogP contribution < -0.4 is 4.74 Å². The lowest BCUT2D eigenvalue weighted by molar-refractivity contribution is 0.0506. The number of aryl methyl sites for hydroxylation is 1. The average molecular weight is 314 g/mol. The van der Waals surface area contributed by atoms with Gasteiger partial charge < -0.3 is 24.5 Å². The van der Waals surface area contributed by atoms with Gasteiger partial charge >= 0.3 is 0 Å². The van der Waals surface area contributed by atoms with Crippen LogP contribution in [0.3, 0.4) is 0 Å². The highest BCUT2D eigenvalue weighted by molar-refractivity contribution is 6.71. The first kappa shape index (κ1) is 18.0. The first-order valence-corrected chi connectivity index (χ1v) is 10.3. The number of aliphatic hydroxyl groups excluding tert-OH is 2. The average Bonchev–Trinajstić information content (AvgIpc) is 2.46. The molecule has 0 saturated carbocycles. The van der Waals surface area contributed by atoms with Gasteiger partial charge in [-0.05, 0) is 49.7 Å². The van der Waals surface area contributed by atoms with Crippen molar-refractivity contribution in [3.8, 4) is 11.5 Å². The third-order valence-corrected chi connectivity index (χ3v) is 5.87. The number of hydrogen-bond acceptors (Lipinski definition) is 5.